The van der Waals surface area contributed by atoms with Crippen LogP contribution in [0.3, 0.4) is 0 Å². The summed E-state index contributed by atoms with van der Waals surface area (Å²) in [5.74, 6) is 2.56. The molecule has 0 aromatic heterocycles. The summed E-state index contributed by atoms with van der Waals surface area (Å²) in [6, 6.07) is 0. The number of allylic oxidation sites excluding steroid dienone is 1. The van der Waals surface area contributed by atoms with E-state index in [0.717, 1.165) is 44.9 Å². The number of ether oxygens (including phenoxy) is 1. The van der Waals surface area contributed by atoms with Crippen LogP contribution in [0.2, 0.25) is 0 Å². The second-order valence-corrected chi connectivity index (χ2v) is 14.8. The molecule has 3 nitrogen and oxygen atoms in total. The van der Waals surface area contributed by atoms with E-state index in [9.17, 15) is 9.90 Å². The zero-order valence-corrected chi connectivity index (χ0v) is 22.0. The van der Waals surface area contributed by atoms with Crippen molar-refractivity contribution in [3.05, 3.63) is 12.2 Å². The number of aliphatic hydroxyl groups is 1. The molecule has 2 bridgehead atoms. The van der Waals surface area contributed by atoms with Crippen molar-refractivity contribution in [1.29, 1.82) is 0 Å². The Morgan fingerprint density at radius 3 is 2.39 bits per heavy atom. The molecule has 0 unspecified atom stereocenters. The van der Waals surface area contributed by atoms with Crippen molar-refractivity contribution < 1.29 is 14.6 Å². The Bertz CT molecular complexity index is 922. The molecule has 0 aromatic carbocycles. The van der Waals surface area contributed by atoms with Crippen LogP contribution in [0.5, 0.6) is 0 Å². The summed E-state index contributed by atoms with van der Waals surface area (Å²) in [6.07, 6.45) is 13.4. The van der Waals surface area contributed by atoms with Gasteiger partial charge in [0.2, 0.25) is 0 Å². The highest BCUT2D eigenvalue weighted by molar-refractivity contribution is 5.82. The van der Waals surface area contributed by atoms with Gasteiger partial charge < -0.3 is 9.84 Å². The summed E-state index contributed by atoms with van der Waals surface area (Å²) in [5.41, 5.74) is -0.514. The average molecular weight is 455 g/mol. The molecule has 1 spiro atoms. The van der Waals surface area contributed by atoms with Gasteiger partial charge in [0.1, 0.15) is 5.60 Å². The van der Waals surface area contributed by atoms with Gasteiger partial charge in [0.15, 0.2) is 0 Å². The number of aliphatic hydroxyl groups excluding tert-OH is 1. The van der Waals surface area contributed by atoms with Crippen molar-refractivity contribution in [2.75, 3.05) is 0 Å². The predicted molar refractivity (Wildman–Crippen MR) is 130 cm³/mol. The first-order chi connectivity index (χ1) is 15.3. The van der Waals surface area contributed by atoms with Gasteiger partial charge in [0.25, 0.3) is 0 Å². The third kappa shape index (κ3) is 2.23. The highest BCUT2D eigenvalue weighted by Gasteiger charge is 2.80. The van der Waals surface area contributed by atoms with E-state index in [1.54, 1.807) is 0 Å². The van der Waals surface area contributed by atoms with Crippen molar-refractivity contribution in [2.45, 2.75) is 112 Å². The van der Waals surface area contributed by atoms with Gasteiger partial charge in [-0.15, -0.1) is 0 Å². The molecular formula is C30H46O3. The van der Waals surface area contributed by atoms with Crippen molar-refractivity contribution in [3.8, 4) is 0 Å². The molecule has 1 saturated heterocycles. The maximum absolute atomic E-state index is 13.6. The smallest absolute Gasteiger partial charge is 0.313 e. The molecule has 184 valence electrons. The van der Waals surface area contributed by atoms with Crippen molar-refractivity contribution in [3.63, 3.8) is 0 Å². The molecule has 5 aliphatic carbocycles. The van der Waals surface area contributed by atoms with E-state index in [4.69, 9.17) is 4.74 Å². The number of esters is 1. The number of hydrogen-bond donors (Lipinski definition) is 1. The summed E-state index contributed by atoms with van der Waals surface area (Å²) in [7, 11) is 0. The van der Waals surface area contributed by atoms with Crippen molar-refractivity contribution in [2.24, 2.45) is 56.7 Å². The van der Waals surface area contributed by atoms with E-state index in [1.807, 2.05) is 0 Å². The third-order valence-electron chi connectivity index (χ3n) is 13.8. The minimum atomic E-state index is -0.450. The van der Waals surface area contributed by atoms with Crippen LogP contribution in [0.4, 0.5) is 0 Å². The normalized spacial score (nSPS) is 60.8. The number of rotatable bonds is 0. The first kappa shape index (κ1) is 22.6. The quantitative estimate of drug-likeness (QED) is 0.334. The van der Waals surface area contributed by atoms with E-state index in [0.29, 0.717) is 29.6 Å². The van der Waals surface area contributed by atoms with Gasteiger partial charge in [0, 0.05) is 11.3 Å². The molecule has 6 rings (SSSR count). The fourth-order valence-corrected chi connectivity index (χ4v) is 11.4. The lowest BCUT2D eigenvalue weighted by molar-refractivity contribution is -0.245. The second kappa shape index (κ2) is 6.29. The largest absolute Gasteiger partial charge is 0.453 e. The van der Waals surface area contributed by atoms with E-state index >= 15 is 0 Å². The summed E-state index contributed by atoms with van der Waals surface area (Å²) < 4.78 is 6.71. The zero-order chi connectivity index (χ0) is 23.8. The molecule has 1 N–H and O–H groups in total. The van der Waals surface area contributed by atoms with Crippen LogP contribution in [0.15, 0.2) is 12.2 Å². The van der Waals surface area contributed by atoms with Gasteiger partial charge in [-0.25, -0.2) is 0 Å². The van der Waals surface area contributed by atoms with E-state index in [2.05, 4.69) is 60.6 Å². The van der Waals surface area contributed by atoms with Crippen molar-refractivity contribution in [1.82, 2.24) is 0 Å². The van der Waals surface area contributed by atoms with E-state index in [-0.39, 0.29) is 39.1 Å². The first-order valence-electron chi connectivity index (χ1n) is 13.9. The van der Waals surface area contributed by atoms with Crippen molar-refractivity contribution >= 4 is 5.97 Å². The molecule has 11 atom stereocenters. The lowest BCUT2D eigenvalue weighted by atomic mass is 9.32. The summed E-state index contributed by atoms with van der Waals surface area (Å²) in [6.45, 7) is 17.0. The number of hydrogen-bond acceptors (Lipinski definition) is 3. The SMILES string of the molecule is C[C@H]1[C@H](C)CC[C@@]23CC[C@]4(C)[C@@](C=C[C@@H]5[C@@]6(C)CC[C@H](O)C(C)(C)[C@H]6CC[C@]54C)(OC2=O)[C@H]13. The Morgan fingerprint density at radius 2 is 1.67 bits per heavy atom. The predicted octanol–water partition coefficient (Wildman–Crippen LogP) is 6.54. The van der Waals surface area contributed by atoms with Gasteiger partial charge in [-0.3, -0.25) is 4.79 Å². The highest BCUT2D eigenvalue weighted by atomic mass is 16.6. The van der Waals surface area contributed by atoms with Gasteiger partial charge in [0.05, 0.1) is 11.5 Å². The van der Waals surface area contributed by atoms with Gasteiger partial charge in [-0.2, -0.15) is 0 Å². The van der Waals surface area contributed by atoms with Crippen LogP contribution in [0.1, 0.15) is 99.8 Å². The first-order valence-corrected chi connectivity index (χ1v) is 13.9. The average Bonchev–Trinajstić information content (AvgIpc) is 2.95. The standard InChI is InChI=1S/C30H46O3/c1-18-8-14-29-17-16-28(7)27(6)13-9-20-25(3,4)22(31)11-12-26(20,5)21(27)10-15-30(28,33-24(29)32)23(29)19(18)2/h10,15,18-23,31H,8-9,11-14,16-17H2,1-7H3/t18-,19+,20-,21-,22+,23-,26+,27-,28+,29+,30+/m1/s1. The minimum Gasteiger partial charge on any atom is -0.453 e. The minimum absolute atomic E-state index is 0.0424. The van der Waals surface area contributed by atoms with Gasteiger partial charge >= 0.3 is 5.97 Å². The number of carbonyl (C=O) groups excluding carboxylic acids is 1. The number of fused-ring (bicyclic) bond motifs is 4. The molecular weight excluding hydrogens is 408 g/mol. The van der Waals surface area contributed by atoms with Crippen LogP contribution >= 0.6 is 0 Å². The maximum Gasteiger partial charge on any atom is 0.313 e. The lowest BCUT2D eigenvalue weighted by Crippen LogP contribution is -2.71. The molecule has 0 radical (unpaired) electrons. The molecule has 4 saturated carbocycles. The van der Waals surface area contributed by atoms with Crippen LogP contribution in [0.25, 0.3) is 0 Å². The molecule has 5 fully saturated rings. The molecule has 6 aliphatic rings. The monoisotopic (exact) mass is 454 g/mol. The second-order valence-electron chi connectivity index (χ2n) is 14.8. The molecule has 0 amide bonds. The summed E-state index contributed by atoms with van der Waals surface area (Å²) in [5, 5.41) is 10.9. The molecule has 1 aliphatic heterocycles. The number of carbonyl (C=O) groups is 1. The molecule has 1 heterocycles. The Labute approximate surface area is 201 Å². The van der Waals surface area contributed by atoms with Gasteiger partial charge in [-0.05, 0) is 97.4 Å². The lowest BCUT2D eigenvalue weighted by Gasteiger charge is -2.72. The Balaban J connectivity index is 1.52. The fourth-order valence-electron chi connectivity index (χ4n) is 11.4. The Hall–Kier alpha value is -0.830. The summed E-state index contributed by atoms with van der Waals surface area (Å²) in [4.78, 5) is 13.6. The van der Waals surface area contributed by atoms with Crippen LogP contribution in [-0.2, 0) is 9.53 Å². The maximum atomic E-state index is 13.6. The van der Waals surface area contributed by atoms with Crippen LogP contribution in [0, 0.1) is 56.7 Å². The Kier molecular flexibility index (Phi) is 4.31. The zero-order valence-electron chi connectivity index (χ0n) is 22.0. The fraction of sp³-hybridized carbons (Fsp3) is 0.900. The summed E-state index contributed by atoms with van der Waals surface area (Å²) >= 11 is 0. The van der Waals surface area contributed by atoms with Gasteiger partial charge in [-0.1, -0.05) is 54.5 Å². The van der Waals surface area contributed by atoms with Crippen LogP contribution < -0.4 is 0 Å². The van der Waals surface area contributed by atoms with E-state index < -0.39 is 5.60 Å². The van der Waals surface area contributed by atoms with Crippen LogP contribution in [-0.4, -0.2) is 22.8 Å². The van der Waals surface area contributed by atoms with E-state index in [1.165, 1.54) is 6.42 Å². The molecule has 3 heteroatoms. The molecule has 0 aromatic rings. The third-order valence-corrected chi connectivity index (χ3v) is 13.8. The Morgan fingerprint density at radius 1 is 0.939 bits per heavy atom. The highest BCUT2D eigenvalue weighted by Crippen LogP contribution is 2.79. The topological polar surface area (TPSA) is 46.5 Å². The molecule has 33 heavy (non-hydrogen) atoms.